The summed E-state index contributed by atoms with van der Waals surface area (Å²) >= 11 is 0. The molecule has 21 heavy (non-hydrogen) atoms. The molecular weight excluding hydrogens is 288 g/mol. The van der Waals surface area contributed by atoms with E-state index in [1.165, 1.54) is 0 Å². The van der Waals surface area contributed by atoms with Gasteiger partial charge in [0.25, 0.3) is 0 Å². The summed E-state index contributed by atoms with van der Waals surface area (Å²) in [6, 6.07) is 0.333. The van der Waals surface area contributed by atoms with Gasteiger partial charge in [0.05, 0.1) is 11.9 Å². The third-order valence-corrected chi connectivity index (χ3v) is 5.22. The van der Waals surface area contributed by atoms with Gasteiger partial charge in [-0.1, -0.05) is 20.8 Å². The molecule has 1 rings (SSSR count). The van der Waals surface area contributed by atoms with Gasteiger partial charge in [0, 0.05) is 19.2 Å². The minimum absolute atomic E-state index is 0.0414. The first kappa shape index (κ1) is 18.9. The Morgan fingerprint density at radius 3 is 2.38 bits per heavy atom. The first-order valence-electron chi connectivity index (χ1n) is 8.02. The summed E-state index contributed by atoms with van der Waals surface area (Å²) in [5, 5.41) is 0. The number of hydrogen-bond acceptors (Lipinski definition) is 4. The van der Waals surface area contributed by atoms with Gasteiger partial charge in [-0.3, -0.25) is 0 Å². The number of ether oxygens (including phenoxy) is 1. The number of hydrogen-bond donors (Lipinski definition) is 2. The maximum absolute atomic E-state index is 11.8. The van der Waals surface area contributed by atoms with Crippen molar-refractivity contribution >= 4 is 10.0 Å². The van der Waals surface area contributed by atoms with Crippen LogP contribution in [0.25, 0.3) is 0 Å². The molecule has 0 amide bonds. The van der Waals surface area contributed by atoms with E-state index in [0.29, 0.717) is 31.7 Å². The summed E-state index contributed by atoms with van der Waals surface area (Å²) in [6.07, 6.45) is 5.81. The summed E-state index contributed by atoms with van der Waals surface area (Å²) < 4.78 is 32.0. The highest BCUT2D eigenvalue weighted by molar-refractivity contribution is 7.89. The number of rotatable bonds is 8. The van der Waals surface area contributed by atoms with E-state index in [1.54, 1.807) is 0 Å². The molecule has 1 fully saturated rings. The van der Waals surface area contributed by atoms with Gasteiger partial charge in [0.2, 0.25) is 10.0 Å². The molecule has 1 aliphatic carbocycles. The molecule has 1 saturated carbocycles. The molecule has 0 atom stereocenters. The molecule has 3 N–H and O–H groups in total. The molecule has 0 aliphatic heterocycles. The van der Waals surface area contributed by atoms with E-state index in [2.05, 4.69) is 4.72 Å². The second kappa shape index (κ2) is 8.46. The zero-order valence-corrected chi connectivity index (χ0v) is 14.5. The molecule has 6 heteroatoms. The highest BCUT2D eigenvalue weighted by Crippen LogP contribution is 2.20. The fourth-order valence-corrected chi connectivity index (χ4v) is 3.80. The topological polar surface area (TPSA) is 81.4 Å². The predicted octanol–water partition coefficient (Wildman–Crippen LogP) is 2.02. The Hall–Kier alpha value is -0.170. The SMILES string of the molecule is CC(C)(C)CCS(=O)(=O)NCCCOC1CCC(N)CC1. The molecule has 0 saturated heterocycles. The Balaban J connectivity index is 2.08. The van der Waals surface area contributed by atoms with Gasteiger partial charge < -0.3 is 10.5 Å². The van der Waals surface area contributed by atoms with E-state index in [4.69, 9.17) is 10.5 Å². The molecule has 0 aromatic carbocycles. The van der Waals surface area contributed by atoms with E-state index in [0.717, 1.165) is 32.1 Å². The Labute approximate surface area is 130 Å². The average Bonchev–Trinajstić information content (AvgIpc) is 2.38. The first-order chi connectivity index (χ1) is 9.68. The van der Waals surface area contributed by atoms with Crippen molar-refractivity contribution in [1.29, 1.82) is 0 Å². The van der Waals surface area contributed by atoms with Gasteiger partial charge in [-0.15, -0.1) is 0 Å². The van der Waals surface area contributed by atoms with Crippen LogP contribution in [-0.2, 0) is 14.8 Å². The fourth-order valence-electron chi connectivity index (χ4n) is 2.32. The van der Waals surface area contributed by atoms with Crippen LogP contribution in [0, 0.1) is 5.41 Å². The molecule has 0 spiro atoms. The van der Waals surface area contributed by atoms with Crippen molar-refractivity contribution in [3.8, 4) is 0 Å². The van der Waals surface area contributed by atoms with Crippen LogP contribution >= 0.6 is 0 Å². The smallest absolute Gasteiger partial charge is 0.211 e. The summed E-state index contributed by atoms with van der Waals surface area (Å²) in [5.74, 6) is 0.192. The van der Waals surface area contributed by atoms with E-state index in [-0.39, 0.29) is 11.2 Å². The van der Waals surface area contributed by atoms with Crippen molar-refractivity contribution in [1.82, 2.24) is 4.72 Å². The lowest BCUT2D eigenvalue weighted by atomic mass is 9.94. The van der Waals surface area contributed by atoms with Crippen molar-refractivity contribution in [2.75, 3.05) is 18.9 Å². The monoisotopic (exact) mass is 320 g/mol. The Bertz CT molecular complexity index is 382. The Morgan fingerprint density at radius 1 is 1.19 bits per heavy atom. The second-order valence-electron chi connectivity index (χ2n) is 7.29. The van der Waals surface area contributed by atoms with Crippen LogP contribution in [0.4, 0.5) is 0 Å². The van der Waals surface area contributed by atoms with Crippen LogP contribution in [0.5, 0.6) is 0 Å². The third-order valence-electron chi connectivity index (χ3n) is 3.84. The largest absolute Gasteiger partial charge is 0.378 e. The number of nitrogens with one attached hydrogen (secondary N) is 1. The molecule has 0 radical (unpaired) electrons. The number of nitrogens with two attached hydrogens (primary N) is 1. The molecule has 5 nitrogen and oxygen atoms in total. The average molecular weight is 320 g/mol. The van der Waals surface area contributed by atoms with Crippen molar-refractivity contribution in [2.45, 2.75) is 71.4 Å². The quantitative estimate of drug-likeness (QED) is 0.670. The van der Waals surface area contributed by atoms with Crippen LogP contribution in [0.15, 0.2) is 0 Å². The summed E-state index contributed by atoms with van der Waals surface area (Å²) in [5.41, 5.74) is 5.89. The van der Waals surface area contributed by atoms with Crippen molar-refractivity contribution < 1.29 is 13.2 Å². The van der Waals surface area contributed by atoms with Gasteiger partial charge in [0.15, 0.2) is 0 Å². The van der Waals surface area contributed by atoms with Crippen LogP contribution in [0.3, 0.4) is 0 Å². The van der Waals surface area contributed by atoms with E-state index < -0.39 is 10.0 Å². The molecule has 0 unspecified atom stereocenters. The van der Waals surface area contributed by atoms with Crippen molar-refractivity contribution in [2.24, 2.45) is 11.1 Å². The molecule has 0 aromatic heterocycles. The van der Waals surface area contributed by atoms with E-state index >= 15 is 0 Å². The standard InChI is InChI=1S/C15H32N2O3S/c1-15(2,3)9-12-21(18,19)17-10-4-11-20-14-7-5-13(16)6-8-14/h13-14,17H,4-12,16H2,1-3H3. The van der Waals surface area contributed by atoms with Gasteiger partial charge in [-0.05, 0) is 43.9 Å². The van der Waals surface area contributed by atoms with Gasteiger partial charge in [-0.2, -0.15) is 0 Å². The molecule has 1 aliphatic rings. The highest BCUT2D eigenvalue weighted by Gasteiger charge is 2.19. The molecule has 0 heterocycles. The summed E-state index contributed by atoms with van der Waals surface area (Å²) in [6.45, 7) is 7.21. The highest BCUT2D eigenvalue weighted by atomic mass is 32.2. The summed E-state index contributed by atoms with van der Waals surface area (Å²) in [7, 11) is -3.15. The fraction of sp³-hybridized carbons (Fsp3) is 1.00. The van der Waals surface area contributed by atoms with Gasteiger partial charge in [0.1, 0.15) is 0 Å². The first-order valence-corrected chi connectivity index (χ1v) is 9.68. The lowest BCUT2D eigenvalue weighted by molar-refractivity contribution is 0.0245. The van der Waals surface area contributed by atoms with Gasteiger partial charge in [-0.25, -0.2) is 13.1 Å². The lowest BCUT2D eigenvalue weighted by Gasteiger charge is -2.26. The van der Waals surface area contributed by atoms with Gasteiger partial charge >= 0.3 is 0 Å². The molecule has 0 bridgehead atoms. The van der Waals surface area contributed by atoms with Crippen LogP contribution in [0.1, 0.15) is 59.3 Å². The molecule has 0 aromatic rings. The Kier molecular flexibility index (Phi) is 7.60. The second-order valence-corrected chi connectivity index (χ2v) is 9.21. The minimum atomic E-state index is -3.15. The van der Waals surface area contributed by atoms with Crippen LogP contribution in [0.2, 0.25) is 0 Å². The van der Waals surface area contributed by atoms with Crippen LogP contribution < -0.4 is 10.5 Å². The third kappa shape index (κ3) is 9.45. The summed E-state index contributed by atoms with van der Waals surface area (Å²) in [4.78, 5) is 0. The Morgan fingerprint density at radius 2 is 1.81 bits per heavy atom. The zero-order valence-electron chi connectivity index (χ0n) is 13.7. The van der Waals surface area contributed by atoms with Crippen molar-refractivity contribution in [3.05, 3.63) is 0 Å². The molecule has 126 valence electrons. The maximum Gasteiger partial charge on any atom is 0.211 e. The van der Waals surface area contributed by atoms with Crippen molar-refractivity contribution in [3.63, 3.8) is 0 Å². The predicted molar refractivity (Wildman–Crippen MR) is 86.7 cm³/mol. The normalized spacial score (nSPS) is 24.2. The molecular formula is C15H32N2O3S. The zero-order chi connectivity index (χ0) is 15.9. The van der Waals surface area contributed by atoms with E-state index in [1.807, 2.05) is 20.8 Å². The number of sulfonamides is 1. The van der Waals surface area contributed by atoms with Crippen LogP contribution in [-0.4, -0.2) is 39.5 Å². The minimum Gasteiger partial charge on any atom is -0.378 e. The van der Waals surface area contributed by atoms with E-state index in [9.17, 15) is 8.42 Å². The lowest BCUT2D eigenvalue weighted by Crippen LogP contribution is -2.32. The maximum atomic E-state index is 11.8.